The van der Waals surface area contributed by atoms with E-state index in [9.17, 15) is 0 Å². The Kier molecular flexibility index (Phi) is 4.47. The van der Waals surface area contributed by atoms with Gasteiger partial charge in [0.05, 0.1) is 0 Å². The summed E-state index contributed by atoms with van der Waals surface area (Å²) in [5, 5.41) is 17.7. The first-order valence-electron chi connectivity index (χ1n) is 6.82. The number of amidine groups is 1. The molecule has 106 valence electrons. The average Bonchev–Trinajstić information content (AvgIpc) is 2.86. The third kappa shape index (κ3) is 3.28. The molecule has 1 aromatic rings. The fourth-order valence-corrected chi connectivity index (χ4v) is 3.51. The number of nitrogens with one attached hydrogen (secondary N) is 1. The van der Waals surface area contributed by atoms with Gasteiger partial charge in [-0.2, -0.15) is 0 Å². The van der Waals surface area contributed by atoms with Gasteiger partial charge < -0.3 is 16.3 Å². The van der Waals surface area contributed by atoms with Crippen LogP contribution in [0.25, 0.3) is 0 Å². The first kappa shape index (κ1) is 14.3. The van der Waals surface area contributed by atoms with Gasteiger partial charge in [-0.25, -0.2) is 0 Å². The number of nitrogens with zero attached hydrogens (tertiary/aromatic N) is 1. The van der Waals surface area contributed by atoms with Gasteiger partial charge in [0, 0.05) is 16.3 Å². The highest BCUT2D eigenvalue weighted by atomic mass is 32.1. The second-order valence-corrected chi connectivity index (χ2v) is 6.82. The summed E-state index contributed by atoms with van der Waals surface area (Å²) in [6.45, 7) is 4.88. The number of fused-ring (bicyclic) bond motifs is 1. The number of rotatable bonds is 5. The minimum Gasteiger partial charge on any atom is -0.409 e. The maximum Gasteiger partial charge on any atom is 0.144 e. The molecule has 1 aliphatic rings. The van der Waals surface area contributed by atoms with Crippen molar-refractivity contribution in [2.24, 2.45) is 16.3 Å². The summed E-state index contributed by atoms with van der Waals surface area (Å²) in [5.41, 5.74) is 6.90. The van der Waals surface area contributed by atoms with E-state index in [1.165, 1.54) is 29.7 Å². The normalized spacial score (nSPS) is 20.3. The smallest absolute Gasteiger partial charge is 0.144 e. The predicted molar refractivity (Wildman–Crippen MR) is 79.8 cm³/mol. The molecule has 1 aromatic heterocycles. The highest BCUT2D eigenvalue weighted by Crippen LogP contribution is 2.33. The lowest BCUT2D eigenvalue weighted by Crippen LogP contribution is -2.36. The Labute approximate surface area is 118 Å². The summed E-state index contributed by atoms with van der Waals surface area (Å²) in [6, 6.07) is 2.71. The maximum atomic E-state index is 8.76. The van der Waals surface area contributed by atoms with Crippen LogP contribution in [0.3, 0.4) is 0 Å². The highest BCUT2D eigenvalue weighted by Gasteiger charge is 2.25. The lowest BCUT2D eigenvalue weighted by Gasteiger charge is -2.27. The second kappa shape index (κ2) is 5.92. The van der Waals surface area contributed by atoms with Crippen molar-refractivity contribution >= 4 is 17.2 Å². The topological polar surface area (TPSA) is 70.6 Å². The number of hydrogen-bond acceptors (Lipinski definition) is 4. The van der Waals surface area contributed by atoms with Crippen LogP contribution in [0, 0.1) is 5.41 Å². The van der Waals surface area contributed by atoms with E-state index in [-0.39, 0.29) is 5.41 Å². The summed E-state index contributed by atoms with van der Waals surface area (Å²) in [4.78, 5) is 1.53. The van der Waals surface area contributed by atoms with Gasteiger partial charge in [0.25, 0.3) is 0 Å². The summed E-state index contributed by atoms with van der Waals surface area (Å²) in [5.74, 6) is 0.300. The molecule has 0 aromatic carbocycles. The fourth-order valence-electron chi connectivity index (χ4n) is 2.52. The summed E-state index contributed by atoms with van der Waals surface area (Å²) in [7, 11) is 0. The van der Waals surface area contributed by atoms with E-state index in [4.69, 9.17) is 10.9 Å². The Bertz CT molecular complexity index is 453. The molecular formula is C14H23N3OS. The Morgan fingerprint density at radius 2 is 2.42 bits per heavy atom. The van der Waals surface area contributed by atoms with Crippen LogP contribution in [-0.2, 0) is 6.42 Å². The average molecular weight is 281 g/mol. The molecule has 5 heteroatoms. The van der Waals surface area contributed by atoms with Crippen molar-refractivity contribution < 1.29 is 5.21 Å². The van der Waals surface area contributed by atoms with Crippen molar-refractivity contribution in [2.75, 3.05) is 6.54 Å². The summed E-state index contributed by atoms with van der Waals surface area (Å²) in [6.07, 6.45) is 4.54. The monoisotopic (exact) mass is 281 g/mol. The third-order valence-corrected chi connectivity index (χ3v) is 4.99. The van der Waals surface area contributed by atoms with E-state index in [2.05, 4.69) is 21.9 Å². The standard InChI is InChI=1S/C14H23N3OS/c1-14(2,13(15)17-18)7-8-16-11-4-3-5-12-10(11)6-9-19-12/h6,9,11,16,18H,3-5,7-8H2,1-2H3,(H2,15,17). The summed E-state index contributed by atoms with van der Waals surface area (Å²) >= 11 is 1.86. The SMILES string of the molecule is CC(C)(CCNC1CCCc2sccc21)C(N)=NO. The van der Waals surface area contributed by atoms with Crippen LogP contribution in [0.1, 0.15) is 49.6 Å². The Morgan fingerprint density at radius 1 is 1.63 bits per heavy atom. The van der Waals surface area contributed by atoms with Crippen LogP contribution >= 0.6 is 11.3 Å². The van der Waals surface area contributed by atoms with Crippen molar-refractivity contribution in [1.82, 2.24) is 5.32 Å². The van der Waals surface area contributed by atoms with Gasteiger partial charge in [0.2, 0.25) is 0 Å². The van der Waals surface area contributed by atoms with Crippen molar-refractivity contribution in [3.63, 3.8) is 0 Å². The first-order chi connectivity index (χ1) is 9.04. The van der Waals surface area contributed by atoms with Crippen LogP contribution in [-0.4, -0.2) is 17.6 Å². The van der Waals surface area contributed by atoms with Crippen LogP contribution < -0.4 is 11.1 Å². The van der Waals surface area contributed by atoms with Crippen LogP contribution in [0.2, 0.25) is 0 Å². The van der Waals surface area contributed by atoms with Crippen LogP contribution in [0.4, 0.5) is 0 Å². The molecule has 4 nitrogen and oxygen atoms in total. The molecule has 0 spiro atoms. The van der Waals surface area contributed by atoms with Gasteiger partial charge in [-0.15, -0.1) is 11.3 Å². The summed E-state index contributed by atoms with van der Waals surface area (Å²) < 4.78 is 0. The molecule has 0 amide bonds. The molecule has 0 saturated carbocycles. The van der Waals surface area contributed by atoms with Gasteiger partial charge in [-0.05, 0) is 49.2 Å². The molecule has 1 heterocycles. The number of oxime groups is 1. The molecule has 4 N–H and O–H groups in total. The molecule has 0 fully saturated rings. The van der Waals surface area contributed by atoms with Crippen molar-refractivity contribution in [3.8, 4) is 0 Å². The van der Waals surface area contributed by atoms with E-state index in [1.54, 1.807) is 0 Å². The molecule has 0 bridgehead atoms. The number of nitrogens with two attached hydrogens (primary N) is 1. The lowest BCUT2D eigenvalue weighted by atomic mass is 9.87. The number of hydrogen-bond donors (Lipinski definition) is 3. The largest absolute Gasteiger partial charge is 0.409 e. The van der Waals surface area contributed by atoms with E-state index in [0.717, 1.165) is 13.0 Å². The van der Waals surface area contributed by atoms with Gasteiger partial charge in [0.1, 0.15) is 5.84 Å². The molecular weight excluding hydrogens is 258 g/mol. The quantitative estimate of drug-likeness (QED) is 0.336. The van der Waals surface area contributed by atoms with Crippen molar-refractivity contribution in [2.45, 2.75) is 45.6 Å². The lowest BCUT2D eigenvalue weighted by molar-refractivity contribution is 0.303. The molecule has 1 aliphatic carbocycles. The molecule has 1 unspecified atom stereocenters. The van der Waals surface area contributed by atoms with Crippen molar-refractivity contribution in [3.05, 3.63) is 21.9 Å². The molecule has 1 atom stereocenters. The predicted octanol–water partition coefficient (Wildman–Crippen LogP) is 2.88. The number of aryl methyl sites for hydroxylation is 1. The molecule has 0 radical (unpaired) electrons. The van der Waals surface area contributed by atoms with Gasteiger partial charge in [-0.1, -0.05) is 19.0 Å². The van der Waals surface area contributed by atoms with Gasteiger partial charge in [-0.3, -0.25) is 0 Å². The zero-order valence-electron chi connectivity index (χ0n) is 11.6. The van der Waals surface area contributed by atoms with Crippen LogP contribution in [0.5, 0.6) is 0 Å². The Balaban J connectivity index is 1.88. The Hall–Kier alpha value is -1.07. The van der Waals surface area contributed by atoms with Crippen LogP contribution in [0.15, 0.2) is 16.6 Å². The zero-order valence-corrected chi connectivity index (χ0v) is 12.5. The minimum absolute atomic E-state index is 0.270. The van der Waals surface area contributed by atoms with E-state index in [0.29, 0.717) is 11.9 Å². The fraction of sp³-hybridized carbons (Fsp3) is 0.643. The zero-order chi connectivity index (χ0) is 13.9. The minimum atomic E-state index is -0.270. The van der Waals surface area contributed by atoms with Gasteiger partial charge >= 0.3 is 0 Å². The molecule has 0 aliphatic heterocycles. The highest BCUT2D eigenvalue weighted by molar-refractivity contribution is 7.10. The maximum absolute atomic E-state index is 8.76. The second-order valence-electron chi connectivity index (χ2n) is 5.82. The molecule has 19 heavy (non-hydrogen) atoms. The molecule has 0 saturated heterocycles. The van der Waals surface area contributed by atoms with E-state index in [1.807, 2.05) is 25.2 Å². The number of thiophene rings is 1. The van der Waals surface area contributed by atoms with Gasteiger partial charge in [0.15, 0.2) is 0 Å². The first-order valence-corrected chi connectivity index (χ1v) is 7.70. The molecule has 2 rings (SSSR count). The van der Waals surface area contributed by atoms with E-state index >= 15 is 0 Å². The Morgan fingerprint density at radius 3 is 3.16 bits per heavy atom. The third-order valence-electron chi connectivity index (χ3n) is 3.99. The van der Waals surface area contributed by atoms with E-state index < -0.39 is 0 Å². The van der Waals surface area contributed by atoms with Crippen molar-refractivity contribution in [1.29, 1.82) is 0 Å².